The molecule has 0 saturated carbocycles. The minimum atomic E-state index is -5.72. The van der Waals surface area contributed by atoms with E-state index in [4.69, 9.17) is 29.9 Å². The summed E-state index contributed by atoms with van der Waals surface area (Å²) in [5.41, 5.74) is 5.82. The van der Waals surface area contributed by atoms with Crippen LogP contribution in [0.5, 0.6) is 5.88 Å². The quantitative estimate of drug-likeness (QED) is 0.177. The number of aliphatic hydroxyl groups is 2. The molecule has 2 aromatic rings. The molecule has 1 fully saturated rings. The number of aromatic nitrogens is 4. The number of aliphatic hydroxyl groups excluding tert-OH is 2. The van der Waals surface area contributed by atoms with Crippen molar-refractivity contribution in [3.8, 4) is 5.88 Å². The van der Waals surface area contributed by atoms with Gasteiger partial charge in [-0.05, 0) is 0 Å². The van der Waals surface area contributed by atoms with Crippen molar-refractivity contribution in [3.05, 3.63) is 6.33 Å². The Balaban J connectivity index is 1.73. The highest BCUT2D eigenvalue weighted by atomic mass is 31.3. The van der Waals surface area contributed by atoms with Crippen molar-refractivity contribution < 1.29 is 66.1 Å². The van der Waals surface area contributed by atoms with Crippen LogP contribution in [-0.2, 0) is 31.6 Å². The predicted octanol–water partition coefficient (Wildman–Crippen LogP) is -1.62. The zero-order chi connectivity index (χ0) is 24.8. The van der Waals surface area contributed by atoms with Crippen LogP contribution in [0.25, 0.3) is 11.2 Å². The van der Waals surface area contributed by atoms with E-state index in [9.17, 15) is 28.8 Å². The van der Waals surface area contributed by atoms with E-state index in [1.807, 2.05) is 0 Å². The number of methoxy groups -OCH3 is 1. The molecule has 1 aliphatic rings. The number of phosphoric ester groups is 1. The third kappa shape index (κ3) is 6.12. The molecule has 0 amide bonds. The van der Waals surface area contributed by atoms with E-state index in [2.05, 4.69) is 28.1 Å². The summed E-state index contributed by atoms with van der Waals surface area (Å²) in [5, 5.41) is 20.6. The van der Waals surface area contributed by atoms with Gasteiger partial charge in [-0.1, -0.05) is 0 Å². The lowest BCUT2D eigenvalue weighted by Gasteiger charge is -2.19. The molecule has 22 heteroatoms. The maximum atomic E-state index is 11.8. The molecule has 0 aromatic carbocycles. The Morgan fingerprint density at radius 2 is 1.76 bits per heavy atom. The minimum absolute atomic E-state index is 0.0218. The van der Waals surface area contributed by atoms with Gasteiger partial charge in [-0.25, -0.2) is 18.7 Å². The fourth-order valence-electron chi connectivity index (χ4n) is 2.80. The Hall–Kier alpha value is -1.56. The van der Waals surface area contributed by atoms with Crippen LogP contribution in [0.1, 0.15) is 6.23 Å². The van der Waals surface area contributed by atoms with Crippen molar-refractivity contribution in [2.45, 2.75) is 24.5 Å². The van der Waals surface area contributed by atoms with Crippen molar-refractivity contribution in [3.63, 3.8) is 0 Å². The first-order valence-electron chi connectivity index (χ1n) is 8.46. The van der Waals surface area contributed by atoms with Crippen molar-refractivity contribution in [2.24, 2.45) is 0 Å². The van der Waals surface area contributed by atoms with Crippen LogP contribution in [-0.4, -0.2) is 81.3 Å². The van der Waals surface area contributed by atoms with Gasteiger partial charge < -0.3 is 45.0 Å². The molecule has 1 aliphatic heterocycles. The maximum Gasteiger partial charge on any atom is 0.490 e. The summed E-state index contributed by atoms with van der Waals surface area (Å²) in [6.07, 6.45) is -5.01. The van der Waals surface area contributed by atoms with Crippen molar-refractivity contribution in [2.75, 3.05) is 19.5 Å². The largest absolute Gasteiger partial charge is 0.490 e. The van der Waals surface area contributed by atoms with Crippen LogP contribution in [0, 0.1) is 0 Å². The second kappa shape index (κ2) is 9.24. The molecule has 6 atom stereocenters. The SMILES string of the molecule is COc1nc(N)nc2c1ncn2[C@@H]1O[C@H](COP(=O)(O)OP(=O)(O)OP(=O)(O)O)[C@@H](O)[C@H]1O. The fraction of sp³-hybridized carbons (Fsp3) is 0.545. The molecule has 2 unspecified atom stereocenters. The number of anilines is 1. The molecule has 2 aromatic heterocycles. The number of hydrogen-bond donors (Lipinski definition) is 7. The highest BCUT2D eigenvalue weighted by Gasteiger charge is 2.47. The van der Waals surface area contributed by atoms with E-state index in [1.54, 1.807) is 0 Å². The van der Waals surface area contributed by atoms with E-state index >= 15 is 0 Å². The zero-order valence-corrected chi connectivity index (χ0v) is 18.9. The molecule has 8 N–H and O–H groups in total. The smallest absolute Gasteiger partial charge is 0.479 e. The van der Waals surface area contributed by atoms with Gasteiger partial charge in [0.15, 0.2) is 17.4 Å². The molecule has 0 radical (unpaired) electrons. The summed E-state index contributed by atoms with van der Waals surface area (Å²) in [4.78, 5) is 47.5. The zero-order valence-electron chi connectivity index (χ0n) is 16.3. The summed E-state index contributed by atoms with van der Waals surface area (Å²) < 4.78 is 57.1. The summed E-state index contributed by atoms with van der Waals surface area (Å²) in [6, 6.07) is 0. The lowest BCUT2D eigenvalue weighted by Crippen LogP contribution is -2.33. The number of hydrogen-bond acceptors (Lipinski definition) is 14. The van der Waals surface area contributed by atoms with Gasteiger partial charge in [-0.3, -0.25) is 9.09 Å². The van der Waals surface area contributed by atoms with Crippen LogP contribution >= 0.6 is 23.5 Å². The van der Waals surface area contributed by atoms with E-state index in [0.29, 0.717) is 0 Å². The average molecular weight is 537 g/mol. The van der Waals surface area contributed by atoms with Crippen molar-refractivity contribution in [1.29, 1.82) is 0 Å². The van der Waals surface area contributed by atoms with Gasteiger partial charge in [-0.15, -0.1) is 0 Å². The van der Waals surface area contributed by atoms with Gasteiger partial charge in [0.25, 0.3) is 0 Å². The highest BCUT2D eigenvalue weighted by Crippen LogP contribution is 2.66. The number of phosphoric acid groups is 3. The first-order chi connectivity index (χ1) is 15.1. The highest BCUT2D eigenvalue weighted by molar-refractivity contribution is 7.66. The van der Waals surface area contributed by atoms with Crippen LogP contribution in [0.3, 0.4) is 0 Å². The summed E-state index contributed by atoms with van der Waals surface area (Å²) in [5.74, 6) is -0.174. The summed E-state index contributed by atoms with van der Waals surface area (Å²) in [7, 11) is -15.4. The Morgan fingerprint density at radius 1 is 1.09 bits per heavy atom. The number of nitrogen functional groups attached to an aromatic ring is 1. The third-order valence-electron chi connectivity index (χ3n) is 4.03. The summed E-state index contributed by atoms with van der Waals surface area (Å²) in [6.45, 7) is -0.981. The standard InChI is InChI=1S/C11H18N5O14P3/c1-26-9-5-8(14-11(12)15-9)16(3-13-5)10-7(18)6(17)4(28-10)2-27-32(22,23)30-33(24,25)29-31(19,20)21/h3-4,6-7,10,17-18H,2H2,1H3,(H,22,23)(H,24,25)(H2,12,14,15)(H2,19,20,21)/t4-,6-,7-,10-/m1/s1. The Kier molecular flexibility index (Phi) is 7.29. The Labute approximate surface area is 183 Å². The molecular formula is C11H18N5O14P3. The monoisotopic (exact) mass is 537 g/mol. The van der Waals surface area contributed by atoms with Crippen LogP contribution < -0.4 is 10.5 Å². The number of fused-ring (bicyclic) bond motifs is 1. The van der Waals surface area contributed by atoms with E-state index < -0.39 is 54.6 Å². The average Bonchev–Trinajstić information content (AvgIpc) is 3.18. The predicted molar refractivity (Wildman–Crippen MR) is 102 cm³/mol. The number of ether oxygens (including phenoxy) is 2. The molecule has 19 nitrogen and oxygen atoms in total. The van der Waals surface area contributed by atoms with Gasteiger partial charge in [-0.2, -0.15) is 18.6 Å². The van der Waals surface area contributed by atoms with Gasteiger partial charge in [0.05, 0.1) is 20.0 Å². The second-order valence-corrected chi connectivity index (χ2v) is 10.8. The fourth-order valence-corrected chi connectivity index (χ4v) is 5.83. The molecule has 33 heavy (non-hydrogen) atoms. The molecule has 0 spiro atoms. The number of imidazole rings is 1. The van der Waals surface area contributed by atoms with Gasteiger partial charge in [0.2, 0.25) is 11.8 Å². The molecule has 3 rings (SSSR count). The molecule has 186 valence electrons. The maximum absolute atomic E-state index is 11.8. The molecule has 1 saturated heterocycles. The van der Waals surface area contributed by atoms with Gasteiger partial charge in [0.1, 0.15) is 18.3 Å². The van der Waals surface area contributed by atoms with Crippen LogP contribution in [0.15, 0.2) is 6.33 Å². The molecule has 0 aliphatic carbocycles. The van der Waals surface area contributed by atoms with E-state index in [-0.39, 0.29) is 23.0 Å². The number of rotatable bonds is 9. The lowest BCUT2D eigenvalue weighted by molar-refractivity contribution is -0.0503. The van der Waals surface area contributed by atoms with Crippen LogP contribution in [0.2, 0.25) is 0 Å². The van der Waals surface area contributed by atoms with Crippen molar-refractivity contribution >= 4 is 40.6 Å². The Morgan fingerprint density at radius 3 is 2.36 bits per heavy atom. The third-order valence-corrected chi connectivity index (χ3v) is 7.83. The van der Waals surface area contributed by atoms with E-state index in [0.717, 1.165) is 0 Å². The van der Waals surface area contributed by atoms with E-state index in [1.165, 1.54) is 18.0 Å². The molecule has 0 bridgehead atoms. The first-order valence-corrected chi connectivity index (χ1v) is 13.0. The molecular weight excluding hydrogens is 519 g/mol. The summed E-state index contributed by atoms with van der Waals surface area (Å²) >= 11 is 0. The minimum Gasteiger partial charge on any atom is -0.479 e. The van der Waals surface area contributed by atoms with Gasteiger partial charge in [0, 0.05) is 0 Å². The first kappa shape index (κ1) is 26.1. The molecule has 3 heterocycles. The topological polar surface area (TPSA) is 288 Å². The Bertz CT molecular complexity index is 1170. The van der Waals surface area contributed by atoms with Crippen LogP contribution in [0.4, 0.5) is 5.95 Å². The van der Waals surface area contributed by atoms with Crippen molar-refractivity contribution in [1.82, 2.24) is 19.5 Å². The number of nitrogens with two attached hydrogens (primary N) is 1. The second-order valence-electron chi connectivity index (χ2n) is 6.35. The lowest BCUT2D eigenvalue weighted by atomic mass is 10.1. The van der Waals surface area contributed by atoms with Gasteiger partial charge >= 0.3 is 23.5 Å². The number of nitrogens with zero attached hydrogens (tertiary/aromatic N) is 4. The normalized spacial score (nSPS) is 27.4.